The number of hydrogen-bond acceptors (Lipinski definition) is 7. The summed E-state index contributed by atoms with van der Waals surface area (Å²) in [7, 11) is -3.72. The van der Waals surface area contributed by atoms with E-state index in [1.54, 1.807) is 13.8 Å². The summed E-state index contributed by atoms with van der Waals surface area (Å²) in [5, 5.41) is 13.4. The average molecular weight is 476 g/mol. The fourth-order valence-corrected chi connectivity index (χ4v) is 5.08. The molecular formula is C22H25N3O7S. The van der Waals surface area contributed by atoms with E-state index in [9.17, 15) is 28.1 Å². The van der Waals surface area contributed by atoms with Crippen LogP contribution in [0.5, 0.6) is 0 Å². The molecule has 0 aliphatic carbocycles. The van der Waals surface area contributed by atoms with Crippen molar-refractivity contribution in [3.8, 4) is 0 Å². The minimum absolute atomic E-state index is 0.00732. The van der Waals surface area contributed by atoms with Gasteiger partial charge in [-0.3, -0.25) is 14.9 Å². The molecule has 1 aliphatic heterocycles. The minimum atomic E-state index is -3.72. The van der Waals surface area contributed by atoms with E-state index < -0.39 is 33.4 Å². The van der Waals surface area contributed by atoms with Crippen LogP contribution in [0.15, 0.2) is 41.3 Å². The van der Waals surface area contributed by atoms with Crippen LogP contribution in [0.4, 0.5) is 11.4 Å². The third-order valence-corrected chi connectivity index (χ3v) is 7.31. The molecule has 1 N–H and O–H groups in total. The number of nitro groups is 1. The predicted molar refractivity (Wildman–Crippen MR) is 121 cm³/mol. The van der Waals surface area contributed by atoms with E-state index in [4.69, 9.17) is 4.74 Å². The number of sulfonamides is 1. The molecule has 0 aromatic heterocycles. The van der Waals surface area contributed by atoms with Crippen LogP contribution in [0.2, 0.25) is 0 Å². The number of nitrogens with one attached hydrogen (secondary N) is 1. The maximum absolute atomic E-state index is 12.9. The van der Waals surface area contributed by atoms with Crippen molar-refractivity contribution in [2.24, 2.45) is 0 Å². The normalized spacial score (nSPS) is 14.5. The zero-order valence-corrected chi connectivity index (χ0v) is 19.2. The number of nitrogens with zero attached hydrogens (tertiary/aromatic N) is 2. The third kappa shape index (κ3) is 5.74. The van der Waals surface area contributed by atoms with Crippen LogP contribution >= 0.6 is 0 Å². The van der Waals surface area contributed by atoms with Gasteiger partial charge in [-0.15, -0.1) is 0 Å². The molecule has 1 saturated heterocycles. The van der Waals surface area contributed by atoms with Crippen LogP contribution < -0.4 is 5.32 Å². The van der Waals surface area contributed by atoms with E-state index in [-0.39, 0.29) is 16.1 Å². The summed E-state index contributed by atoms with van der Waals surface area (Å²) >= 11 is 0. The van der Waals surface area contributed by atoms with Gasteiger partial charge in [0.05, 0.1) is 15.4 Å². The van der Waals surface area contributed by atoms with E-state index in [0.717, 1.165) is 19.3 Å². The molecule has 1 heterocycles. The summed E-state index contributed by atoms with van der Waals surface area (Å²) in [6, 6.07) is 8.24. The number of piperidine rings is 1. The van der Waals surface area contributed by atoms with Crippen molar-refractivity contribution in [3.05, 3.63) is 63.2 Å². The highest BCUT2D eigenvalue weighted by molar-refractivity contribution is 7.89. The zero-order valence-electron chi connectivity index (χ0n) is 18.4. The Labute approximate surface area is 191 Å². The lowest BCUT2D eigenvalue weighted by Gasteiger charge is -2.26. The summed E-state index contributed by atoms with van der Waals surface area (Å²) in [5.41, 5.74) is 1.31. The molecule has 1 fully saturated rings. The van der Waals surface area contributed by atoms with E-state index in [1.165, 1.54) is 40.7 Å². The highest BCUT2D eigenvalue weighted by atomic mass is 32.2. The molecule has 0 saturated carbocycles. The number of nitro benzene ring substituents is 1. The number of amides is 1. The monoisotopic (exact) mass is 475 g/mol. The average Bonchev–Trinajstić information content (AvgIpc) is 2.79. The number of benzene rings is 2. The smallest absolute Gasteiger partial charge is 0.338 e. The molecular weight excluding hydrogens is 450 g/mol. The van der Waals surface area contributed by atoms with Crippen molar-refractivity contribution in [1.82, 2.24) is 4.31 Å². The van der Waals surface area contributed by atoms with Crippen molar-refractivity contribution >= 4 is 33.3 Å². The largest absolute Gasteiger partial charge is 0.452 e. The maximum Gasteiger partial charge on any atom is 0.338 e. The zero-order chi connectivity index (χ0) is 24.2. The molecule has 33 heavy (non-hydrogen) atoms. The van der Waals surface area contributed by atoms with Gasteiger partial charge < -0.3 is 10.1 Å². The molecule has 11 heteroatoms. The minimum Gasteiger partial charge on any atom is -0.452 e. The lowest BCUT2D eigenvalue weighted by Crippen LogP contribution is -2.35. The quantitative estimate of drug-likeness (QED) is 0.369. The first-order chi connectivity index (χ1) is 15.6. The lowest BCUT2D eigenvalue weighted by molar-refractivity contribution is -0.384. The van der Waals surface area contributed by atoms with Crippen LogP contribution in [0.3, 0.4) is 0 Å². The van der Waals surface area contributed by atoms with E-state index in [1.807, 2.05) is 0 Å². The Morgan fingerprint density at radius 2 is 1.76 bits per heavy atom. The maximum atomic E-state index is 12.9. The molecule has 0 bridgehead atoms. The topological polar surface area (TPSA) is 136 Å². The van der Waals surface area contributed by atoms with E-state index in [0.29, 0.717) is 29.9 Å². The number of carbonyl (C=O) groups excluding carboxylic acids is 2. The highest BCUT2D eigenvalue weighted by Crippen LogP contribution is 2.24. The SMILES string of the molecule is Cc1cc([N+](=O)[O-])ccc1NC(=O)COC(=O)c1cc(S(=O)(=O)N2CCCCC2)ccc1C. The van der Waals surface area contributed by atoms with Gasteiger partial charge in [-0.2, -0.15) is 4.31 Å². The molecule has 0 radical (unpaired) electrons. The lowest BCUT2D eigenvalue weighted by atomic mass is 10.1. The number of esters is 1. The first-order valence-corrected chi connectivity index (χ1v) is 11.9. The van der Waals surface area contributed by atoms with Gasteiger partial charge in [-0.05, 0) is 56.0 Å². The van der Waals surface area contributed by atoms with Gasteiger partial charge in [0.15, 0.2) is 6.61 Å². The molecule has 3 rings (SSSR count). The Morgan fingerprint density at radius 3 is 2.39 bits per heavy atom. The summed E-state index contributed by atoms with van der Waals surface area (Å²) < 4.78 is 32.3. The number of carbonyl (C=O) groups is 2. The van der Waals surface area contributed by atoms with Crippen LogP contribution in [-0.2, 0) is 19.6 Å². The van der Waals surface area contributed by atoms with Crippen LogP contribution in [0.25, 0.3) is 0 Å². The van der Waals surface area contributed by atoms with Crippen molar-refractivity contribution in [2.75, 3.05) is 25.0 Å². The summed E-state index contributed by atoms with van der Waals surface area (Å²) in [5.74, 6) is -1.45. The van der Waals surface area contributed by atoms with Gasteiger partial charge in [-0.1, -0.05) is 12.5 Å². The summed E-state index contributed by atoms with van der Waals surface area (Å²) in [6.07, 6.45) is 2.58. The Morgan fingerprint density at radius 1 is 1.06 bits per heavy atom. The van der Waals surface area contributed by atoms with Crippen LogP contribution in [-0.4, -0.2) is 49.2 Å². The van der Waals surface area contributed by atoms with Gasteiger partial charge in [-0.25, -0.2) is 13.2 Å². The van der Waals surface area contributed by atoms with Crippen LogP contribution in [0.1, 0.15) is 40.7 Å². The second-order valence-electron chi connectivity index (χ2n) is 7.82. The fraction of sp³-hybridized carbons (Fsp3) is 0.364. The summed E-state index contributed by atoms with van der Waals surface area (Å²) in [4.78, 5) is 35.1. The van der Waals surface area contributed by atoms with Gasteiger partial charge in [0.2, 0.25) is 10.0 Å². The molecule has 176 valence electrons. The third-order valence-electron chi connectivity index (χ3n) is 5.41. The molecule has 2 aromatic rings. The molecule has 1 amide bonds. The number of hydrogen-bond donors (Lipinski definition) is 1. The Hall–Kier alpha value is -3.31. The Bertz CT molecular complexity index is 1190. The number of rotatable bonds is 7. The second-order valence-corrected chi connectivity index (χ2v) is 9.76. The second kappa shape index (κ2) is 10.1. The van der Waals surface area contributed by atoms with E-state index in [2.05, 4.69) is 5.32 Å². The molecule has 10 nitrogen and oxygen atoms in total. The number of ether oxygens (including phenoxy) is 1. The number of aryl methyl sites for hydroxylation is 2. The number of anilines is 1. The standard InChI is InChI=1S/C22H25N3O7S/c1-15-6-8-18(33(30,31)24-10-4-3-5-11-24)13-19(15)22(27)32-14-21(26)23-20-9-7-17(25(28)29)12-16(20)2/h6-9,12-13H,3-5,10-11,14H2,1-2H3,(H,23,26). The number of non-ortho nitro benzene ring substituents is 1. The molecule has 0 atom stereocenters. The van der Waals surface area contributed by atoms with Gasteiger partial charge >= 0.3 is 5.97 Å². The fourth-order valence-electron chi connectivity index (χ4n) is 3.53. The Balaban J connectivity index is 1.67. The van der Waals surface area contributed by atoms with Gasteiger partial charge in [0.1, 0.15) is 0 Å². The van der Waals surface area contributed by atoms with Crippen molar-refractivity contribution in [2.45, 2.75) is 38.0 Å². The van der Waals surface area contributed by atoms with Crippen LogP contribution in [0, 0.1) is 24.0 Å². The molecule has 1 aliphatic rings. The molecule has 0 spiro atoms. The van der Waals surface area contributed by atoms with Crippen molar-refractivity contribution in [3.63, 3.8) is 0 Å². The highest BCUT2D eigenvalue weighted by Gasteiger charge is 2.27. The van der Waals surface area contributed by atoms with Gasteiger partial charge in [0, 0.05) is 30.9 Å². The first kappa shape index (κ1) is 24.3. The van der Waals surface area contributed by atoms with Crippen molar-refractivity contribution in [1.29, 1.82) is 0 Å². The Kier molecular flexibility index (Phi) is 7.44. The summed E-state index contributed by atoms with van der Waals surface area (Å²) in [6.45, 7) is 3.54. The first-order valence-electron chi connectivity index (χ1n) is 10.4. The van der Waals surface area contributed by atoms with E-state index >= 15 is 0 Å². The molecule has 0 unspecified atom stereocenters. The van der Waals surface area contributed by atoms with Crippen molar-refractivity contribution < 1.29 is 27.7 Å². The van der Waals surface area contributed by atoms with Gasteiger partial charge in [0.25, 0.3) is 11.6 Å². The molecule has 2 aromatic carbocycles. The predicted octanol–water partition coefficient (Wildman–Crippen LogP) is 3.18.